The Balaban J connectivity index is 2.43. The molecule has 1 aromatic rings. The number of nitrogens with zero attached hydrogens (tertiary/aromatic N) is 3. The van der Waals surface area contributed by atoms with Gasteiger partial charge in [-0.25, -0.2) is 9.89 Å². The second-order valence-electron chi connectivity index (χ2n) is 2.51. The molecule has 1 N–H and O–H groups in total. The first-order valence-corrected chi connectivity index (χ1v) is 3.58. The quantitative estimate of drug-likeness (QED) is 0.615. The van der Waals surface area contributed by atoms with E-state index in [2.05, 4.69) is 15.5 Å². The first-order chi connectivity index (χ1) is 5.38. The highest BCUT2D eigenvalue weighted by molar-refractivity contribution is 5.45. The van der Waals surface area contributed by atoms with Crippen LogP contribution in [0.15, 0.2) is 10.9 Å². The lowest BCUT2D eigenvalue weighted by Gasteiger charge is -1.94. The third-order valence-corrected chi connectivity index (χ3v) is 1.76. The molecule has 5 nitrogen and oxygen atoms in total. The summed E-state index contributed by atoms with van der Waals surface area (Å²) in [6.45, 7) is 0. The normalized spacial score (nSPS) is 16.9. The summed E-state index contributed by atoms with van der Waals surface area (Å²) in [5.74, 6) is 0. The van der Waals surface area contributed by atoms with Crippen LogP contribution in [0.2, 0.25) is 0 Å². The van der Waals surface area contributed by atoms with Gasteiger partial charge in [0, 0.05) is 5.70 Å². The van der Waals surface area contributed by atoms with Crippen molar-refractivity contribution < 1.29 is 0 Å². The molecular weight excluding hydrogens is 144 g/mol. The summed E-state index contributed by atoms with van der Waals surface area (Å²) in [4.78, 5) is 10.9. The highest BCUT2D eigenvalue weighted by Gasteiger charge is 2.09. The van der Waals surface area contributed by atoms with Crippen LogP contribution in [0.5, 0.6) is 0 Å². The standard InChI is InChI=1S/C6H8N4O/c11-6-7-8-9-10(6)5-3-1-2-4-5/h3H,1-2,4H2,(H,7,9,11). The average molecular weight is 152 g/mol. The largest absolute Gasteiger partial charge is 0.365 e. The van der Waals surface area contributed by atoms with Crippen LogP contribution < -0.4 is 5.69 Å². The number of hydrogen-bond donors (Lipinski definition) is 1. The molecular formula is C6H8N4O. The number of aromatic amines is 1. The number of aromatic nitrogens is 4. The van der Waals surface area contributed by atoms with Gasteiger partial charge in [0.05, 0.1) is 0 Å². The molecule has 58 valence electrons. The van der Waals surface area contributed by atoms with Crippen molar-refractivity contribution in [3.63, 3.8) is 0 Å². The number of rotatable bonds is 1. The molecule has 1 aliphatic rings. The van der Waals surface area contributed by atoms with Crippen LogP contribution in [0.1, 0.15) is 19.3 Å². The Hall–Kier alpha value is -1.39. The van der Waals surface area contributed by atoms with Gasteiger partial charge in [0.25, 0.3) is 0 Å². The monoisotopic (exact) mass is 152 g/mol. The van der Waals surface area contributed by atoms with Crippen molar-refractivity contribution >= 4 is 5.70 Å². The fraction of sp³-hybridized carbons (Fsp3) is 0.500. The number of tetrazole rings is 1. The van der Waals surface area contributed by atoms with Crippen LogP contribution in [-0.2, 0) is 0 Å². The maximum Gasteiger partial charge on any atom is 0.365 e. The minimum Gasteiger partial charge on any atom is -0.244 e. The molecule has 0 radical (unpaired) electrons. The molecule has 0 unspecified atom stereocenters. The van der Waals surface area contributed by atoms with Gasteiger partial charge in [0.1, 0.15) is 0 Å². The number of H-pyrrole nitrogens is 1. The van der Waals surface area contributed by atoms with Crippen molar-refractivity contribution in [3.8, 4) is 0 Å². The van der Waals surface area contributed by atoms with Gasteiger partial charge in [0.2, 0.25) is 0 Å². The number of allylic oxidation sites excluding steroid dienone is 2. The van der Waals surface area contributed by atoms with Crippen LogP contribution in [0.25, 0.3) is 5.70 Å². The Kier molecular flexibility index (Phi) is 1.34. The van der Waals surface area contributed by atoms with Crippen LogP contribution in [0.3, 0.4) is 0 Å². The summed E-state index contributed by atoms with van der Waals surface area (Å²) in [7, 11) is 0. The molecule has 2 rings (SSSR count). The van der Waals surface area contributed by atoms with Gasteiger partial charge in [-0.3, -0.25) is 0 Å². The summed E-state index contributed by atoms with van der Waals surface area (Å²) in [5.41, 5.74) is 0.710. The lowest BCUT2D eigenvalue weighted by Crippen LogP contribution is -2.16. The first-order valence-electron chi connectivity index (χ1n) is 3.58. The molecule has 0 amide bonds. The van der Waals surface area contributed by atoms with Crippen molar-refractivity contribution in [2.24, 2.45) is 0 Å². The summed E-state index contributed by atoms with van der Waals surface area (Å²) in [6, 6.07) is 0. The van der Waals surface area contributed by atoms with Gasteiger partial charge >= 0.3 is 5.69 Å². The fourth-order valence-electron chi connectivity index (χ4n) is 1.23. The zero-order valence-electron chi connectivity index (χ0n) is 5.95. The molecule has 1 heterocycles. The van der Waals surface area contributed by atoms with Crippen molar-refractivity contribution in [2.45, 2.75) is 19.3 Å². The summed E-state index contributed by atoms with van der Waals surface area (Å²) >= 11 is 0. The van der Waals surface area contributed by atoms with E-state index in [1.54, 1.807) is 0 Å². The average Bonchev–Trinajstić information content (AvgIpc) is 2.55. The predicted molar refractivity (Wildman–Crippen MR) is 38.8 cm³/mol. The van der Waals surface area contributed by atoms with Crippen molar-refractivity contribution in [1.29, 1.82) is 0 Å². The van der Waals surface area contributed by atoms with E-state index in [9.17, 15) is 4.79 Å². The van der Waals surface area contributed by atoms with E-state index < -0.39 is 0 Å². The van der Waals surface area contributed by atoms with Crippen molar-refractivity contribution in [1.82, 2.24) is 20.2 Å². The molecule has 11 heavy (non-hydrogen) atoms. The SMILES string of the molecule is O=c1[nH]nnn1C1=CCCC1. The molecule has 0 aromatic carbocycles. The lowest BCUT2D eigenvalue weighted by atomic mass is 10.3. The van der Waals surface area contributed by atoms with Gasteiger partial charge in [-0.2, -0.15) is 4.68 Å². The Morgan fingerprint density at radius 1 is 1.64 bits per heavy atom. The van der Waals surface area contributed by atoms with Gasteiger partial charge in [-0.05, 0) is 29.7 Å². The molecule has 0 aliphatic heterocycles. The van der Waals surface area contributed by atoms with E-state index in [1.807, 2.05) is 6.08 Å². The van der Waals surface area contributed by atoms with E-state index >= 15 is 0 Å². The molecule has 1 aromatic heterocycles. The topological polar surface area (TPSA) is 63.6 Å². The molecule has 1 aliphatic carbocycles. The van der Waals surface area contributed by atoms with Crippen LogP contribution in [0.4, 0.5) is 0 Å². The second-order valence-corrected chi connectivity index (χ2v) is 2.51. The fourth-order valence-corrected chi connectivity index (χ4v) is 1.23. The molecule has 0 saturated heterocycles. The molecule has 0 fully saturated rings. The lowest BCUT2D eigenvalue weighted by molar-refractivity contribution is 0.769. The number of nitrogens with one attached hydrogen (secondary N) is 1. The molecule has 0 saturated carbocycles. The Labute approximate surface area is 62.7 Å². The van der Waals surface area contributed by atoms with Gasteiger partial charge in [-0.1, -0.05) is 6.08 Å². The molecule has 0 bridgehead atoms. The molecule has 0 spiro atoms. The summed E-state index contributed by atoms with van der Waals surface area (Å²) < 4.78 is 1.31. The van der Waals surface area contributed by atoms with Gasteiger partial charge in [0.15, 0.2) is 0 Å². The number of hydrogen-bond acceptors (Lipinski definition) is 3. The minimum absolute atomic E-state index is 0.252. The van der Waals surface area contributed by atoms with Crippen LogP contribution in [-0.4, -0.2) is 20.2 Å². The van der Waals surface area contributed by atoms with E-state index in [1.165, 1.54) is 4.68 Å². The highest BCUT2D eigenvalue weighted by atomic mass is 16.2. The maximum atomic E-state index is 10.9. The summed E-state index contributed by atoms with van der Waals surface area (Å²) in [6.07, 6.45) is 5.08. The second kappa shape index (κ2) is 2.34. The van der Waals surface area contributed by atoms with E-state index in [4.69, 9.17) is 0 Å². The van der Waals surface area contributed by atoms with Crippen molar-refractivity contribution in [2.75, 3.05) is 0 Å². The first kappa shape index (κ1) is 6.33. The Bertz CT molecular complexity index is 334. The van der Waals surface area contributed by atoms with Gasteiger partial charge < -0.3 is 0 Å². The van der Waals surface area contributed by atoms with E-state index in [0.717, 1.165) is 25.0 Å². The smallest absolute Gasteiger partial charge is 0.244 e. The predicted octanol–water partition coefficient (Wildman–Crippen LogP) is -0.00880. The Morgan fingerprint density at radius 3 is 3.09 bits per heavy atom. The molecule has 0 atom stereocenters. The van der Waals surface area contributed by atoms with E-state index in [-0.39, 0.29) is 5.69 Å². The third kappa shape index (κ3) is 0.978. The maximum absolute atomic E-state index is 10.9. The zero-order valence-corrected chi connectivity index (χ0v) is 5.95. The van der Waals surface area contributed by atoms with Crippen LogP contribution in [0, 0.1) is 0 Å². The van der Waals surface area contributed by atoms with Gasteiger partial charge in [-0.15, -0.1) is 0 Å². The van der Waals surface area contributed by atoms with E-state index in [0.29, 0.717) is 0 Å². The highest BCUT2D eigenvalue weighted by Crippen LogP contribution is 2.18. The van der Waals surface area contributed by atoms with Crippen molar-refractivity contribution in [3.05, 3.63) is 16.6 Å². The molecule has 5 heteroatoms. The third-order valence-electron chi connectivity index (χ3n) is 1.76. The van der Waals surface area contributed by atoms with Crippen LogP contribution >= 0.6 is 0 Å². The minimum atomic E-state index is -0.252. The Morgan fingerprint density at radius 2 is 2.55 bits per heavy atom. The summed E-state index contributed by atoms with van der Waals surface area (Å²) in [5, 5.41) is 9.28. The zero-order chi connectivity index (χ0) is 7.68.